The molecule has 0 aliphatic heterocycles. The van der Waals surface area contributed by atoms with Gasteiger partial charge in [0.25, 0.3) is 0 Å². The third-order valence-corrected chi connectivity index (χ3v) is 2.93. The summed E-state index contributed by atoms with van der Waals surface area (Å²) >= 11 is 0. The SMILES string of the molecule is C=CS(=O)(=O)c1ccc(C=O)cc1. The molecule has 0 bridgehead atoms. The molecule has 0 fully saturated rings. The summed E-state index contributed by atoms with van der Waals surface area (Å²) in [5.41, 5.74) is 0.447. The van der Waals surface area contributed by atoms with E-state index in [1.165, 1.54) is 24.3 Å². The number of hydrogen-bond donors (Lipinski definition) is 0. The van der Waals surface area contributed by atoms with E-state index in [9.17, 15) is 13.2 Å². The summed E-state index contributed by atoms with van der Waals surface area (Å²) in [5, 5.41) is 0.878. The summed E-state index contributed by atoms with van der Waals surface area (Å²) in [4.78, 5) is 10.4. The second-order valence-electron chi connectivity index (χ2n) is 2.40. The topological polar surface area (TPSA) is 51.2 Å². The highest BCUT2D eigenvalue weighted by Gasteiger charge is 2.07. The van der Waals surface area contributed by atoms with E-state index in [1.807, 2.05) is 0 Å². The number of aldehydes is 1. The molecule has 13 heavy (non-hydrogen) atoms. The van der Waals surface area contributed by atoms with Gasteiger partial charge < -0.3 is 0 Å². The minimum Gasteiger partial charge on any atom is -0.298 e. The van der Waals surface area contributed by atoms with Crippen molar-refractivity contribution in [3.63, 3.8) is 0 Å². The fourth-order valence-corrected chi connectivity index (χ4v) is 1.54. The Morgan fingerprint density at radius 3 is 2.08 bits per heavy atom. The predicted molar refractivity (Wildman–Crippen MR) is 49.2 cm³/mol. The smallest absolute Gasteiger partial charge is 0.199 e. The van der Waals surface area contributed by atoms with Gasteiger partial charge in [-0.1, -0.05) is 18.7 Å². The molecule has 0 aromatic heterocycles. The van der Waals surface area contributed by atoms with Crippen molar-refractivity contribution >= 4 is 16.1 Å². The first kappa shape index (κ1) is 9.67. The molecule has 0 saturated heterocycles. The Labute approximate surface area is 76.6 Å². The molecule has 0 amide bonds. The van der Waals surface area contributed by atoms with Gasteiger partial charge in [-0.3, -0.25) is 4.79 Å². The Balaban J connectivity index is 3.20. The van der Waals surface area contributed by atoms with Crippen LogP contribution in [0.4, 0.5) is 0 Å². The van der Waals surface area contributed by atoms with Gasteiger partial charge in [-0.2, -0.15) is 0 Å². The molecule has 1 aromatic rings. The van der Waals surface area contributed by atoms with Gasteiger partial charge in [0.2, 0.25) is 0 Å². The summed E-state index contributed by atoms with van der Waals surface area (Å²) < 4.78 is 22.4. The van der Waals surface area contributed by atoms with Crippen molar-refractivity contribution in [2.45, 2.75) is 4.90 Å². The zero-order chi connectivity index (χ0) is 9.90. The molecule has 0 atom stereocenters. The van der Waals surface area contributed by atoms with Crippen LogP contribution in [0.15, 0.2) is 41.1 Å². The number of carbonyl (C=O) groups is 1. The highest BCUT2D eigenvalue weighted by Crippen LogP contribution is 2.11. The van der Waals surface area contributed by atoms with Crippen LogP contribution in [-0.2, 0) is 9.84 Å². The third-order valence-electron chi connectivity index (χ3n) is 1.56. The van der Waals surface area contributed by atoms with E-state index >= 15 is 0 Å². The van der Waals surface area contributed by atoms with E-state index in [2.05, 4.69) is 6.58 Å². The summed E-state index contributed by atoms with van der Waals surface area (Å²) in [7, 11) is -3.38. The van der Waals surface area contributed by atoms with E-state index in [4.69, 9.17) is 0 Å². The van der Waals surface area contributed by atoms with Crippen LogP contribution >= 0.6 is 0 Å². The Hall–Kier alpha value is -1.42. The van der Waals surface area contributed by atoms with Crippen molar-refractivity contribution in [2.75, 3.05) is 0 Å². The number of sulfone groups is 1. The van der Waals surface area contributed by atoms with Gasteiger partial charge in [0.05, 0.1) is 4.90 Å². The van der Waals surface area contributed by atoms with Crippen molar-refractivity contribution in [3.05, 3.63) is 41.8 Å². The van der Waals surface area contributed by atoms with Crippen LogP contribution < -0.4 is 0 Å². The molecular weight excluding hydrogens is 188 g/mol. The van der Waals surface area contributed by atoms with Crippen LogP contribution in [0.1, 0.15) is 10.4 Å². The normalized spacial score (nSPS) is 10.8. The van der Waals surface area contributed by atoms with Gasteiger partial charge in [-0.25, -0.2) is 8.42 Å². The zero-order valence-electron chi connectivity index (χ0n) is 6.80. The van der Waals surface area contributed by atoms with Crippen LogP contribution in [0.5, 0.6) is 0 Å². The van der Waals surface area contributed by atoms with Crippen LogP contribution in [0, 0.1) is 0 Å². The molecule has 1 rings (SSSR count). The number of benzene rings is 1. The highest BCUT2D eigenvalue weighted by molar-refractivity contribution is 7.94. The lowest BCUT2D eigenvalue weighted by atomic mass is 10.2. The Morgan fingerprint density at radius 2 is 1.69 bits per heavy atom. The maximum absolute atomic E-state index is 11.2. The summed E-state index contributed by atoms with van der Waals surface area (Å²) in [6, 6.07) is 5.65. The van der Waals surface area contributed by atoms with Gasteiger partial charge in [0.15, 0.2) is 9.84 Å². The number of carbonyl (C=O) groups excluding carboxylic acids is 1. The number of hydrogen-bond acceptors (Lipinski definition) is 3. The van der Waals surface area contributed by atoms with Crippen LogP contribution in [-0.4, -0.2) is 14.7 Å². The fourth-order valence-electron chi connectivity index (χ4n) is 0.832. The minimum absolute atomic E-state index is 0.146. The molecule has 3 nitrogen and oxygen atoms in total. The van der Waals surface area contributed by atoms with Crippen molar-refractivity contribution in [3.8, 4) is 0 Å². The maximum atomic E-state index is 11.2. The summed E-state index contributed by atoms with van der Waals surface area (Å²) in [6.45, 7) is 3.19. The quantitative estimate of drug-likeness (QED) is 0.687. The van der Waals surface area contributed by atoms with Crippen LogP contribution in [0.2, 0.25) is 0 Å². The first-order chi connectivity index (χ1) is 6.10. The molecule has 1 aromatic carbocycles. The second-order valence-corrected chi connectivity index (χ2v) is 4.29. The van der Waals surface area contributed by atoms with Gasteiger partial charge in [0.1, 0.15) is 6.29 Å². The van der Waals surface area contributed by atoms with Crippen LogP contribution in [0.3, 0.4) is 0 Å². The first-order valence-corrected chi connectivity index (χ1v) is 5.07. The summed E-state index contributed by atoms with van der Waals surface area (Å²) in [6.07, 6.45) is 0.657. The lowest BCUT2D eigenvalue weighted by Crippen LogP contribution is -1.95. The average Bonchev–Trinajstić information content (AvgIpc) is 2.18. The minimum atomic E-state index is -3.38. The van der Waals surface area contributed by atoms with E-state index in [1.54, 1.807) is 0 Å². The first-order valence-electron chi connectivity index (χ1n) is 3.53. The van der Waals surface area contributed by atoms with Gasteiger partial charge in [-0.15, -0.1) is 0 Å². The van der Waals surface area contributed by atoms with E-state index in [-0.39, 0.29) is 4.90 Å². The Bertz CT molecular complexity index is 415. The molecule has 68 valence electrons. The monoisotopic (exact) mass is 196 g/mol. The summed E-state index contributed by atoms with van der Waals surface area (Å²) in [5.74, 6) is 0. The molecule has 4 heteroatoms. The highest BCUT2D eigenvalue weighted by atomic mass is 32.2. The Morgan fingerprint density at radius 1 is 1.15 bits per heavy atom. The molecule has 0 saturated carbocycles. The van der Waals surface area contributed by atoms with Gasteiger partial charge in [0, 0.05) is 11.0 Å². The Kier molecular flexibility index (Phi) is 2.63. The largest absolute Gasteiger partial charge is 0.298 e. The molecule has 0 N–H and O–H groups in total. The van der Waals surface area contributed by atoms with E-state index in [0.29, 0.717) is 11.8 Å². The maximum Gasteiger partial charge on any atom is 0.199 e. The van der Waals surface area contributed by atoms with Crippen molar-refractivity contribution in [2.24, 2.45) is 0 Å². The second kappa shape index (κ2) is 3.53. The van der Waals surface area contributed by atoms with Crippen LogP contribution in [0.25, 0.3) is 0 Å². The van der Waals surface area contributed by atoms with Gasteiger partial charge in [-0.05, 0) is 12.1 Å². The van der Waals surface area contributed by atoms with Crippen molar-refractivity contribution in [1.82, 2.24) is 0 Å². The number of rotatable bonds is 3. The lowest BCUT2D eigenvalue weighted by molar-refractivity contribution is 0.112. The standard InChI is InChI=1S/C9H8O3S/c1-2-13(11,12)9-5-3-8(7-10)4-6-9/h2-7H,1H2. The third kappa shape index (κ3) is 2.03. The lowest BCUT2D eigenvalue weighted by Gasteiger charge is -1.97. The molecule has 0 unspecified atom stereocenters. The molecule has 0 spiro atoms. The van der Waals surface area contributed by atoms with Crippen molar-refractivity contribution < 1.29 is 13.2 Å². The molecular formula is C9H8O3S. The predicted octanol–water partition coefficient (Wildman–Crippen LogP) is 1.42. The van der Waals surface area contributed by atoms with E-state index < -0.39 is 9.84 Å². The molecule has 0 aliphatic carbocycles. The fraction of sp³-hybridized carbons (Fsp3) is 0. The molecule has 0 aliphatic rings. The van der Waals surface area contributed by atoms with E-state index in [0.717, 1.165) is 5.41 Å². The van der Waals surface area contributed by atoms with Crippen molar-refractivity contribution in [1.29, 1.82) is 0 Å². The molecule has 0 heterocycles. The van der Waals surface area contributed by atoms with Gasteiger partial charge >= 0.3 is 0 Å². The average molecular weight is 196 g/mol. The zero-order valence-corrected chi connectivity index (χ0v) is 7.62. The molecule has 0 radical (unpaired) electrons.